The summed E-state index contributed by atoms with van der Waals surface area (Å²) >= 11 is 0. The van der Waals surface area contributed by atoms with Crippen LogP contribution in [0.15, 0.2) is 12.3 Å². The van der Waals surface area contributed by atoms with E-state index in [1.54, 1.807) is 0 Å². The van der Waals surface area contributed by atoms with Gasteiger partial charge in [-0.1, -0.05) is 6.08 Å². The van der Waals surface area contributed by atoms with E-state index in [1.807, 2.05) is 0 Å². The van der Waals surface area contributed by atoms with Gasteiger partial charge in [-0.2, -0.15) is 22.0 Å². The van der Waals surface area contributed by atoms with Crippen LogP contribution in [-0.4, -0.2) is 28.7 Å². The van der Waals surface area contributed by atoms with Crippen LogP contribution in [0.3, 0.4) is 0 Å². The lowest BCUT2D eigenvalue weighted by Gasteiger charge is -2.21. The van der Waals surface area contributed by atoms with Gasteiger partial charge in [0, 0.05) is 10.2 Å². The lowest BCUT2D eigenvalue weighted by atomic mass is 10.3. The second kappa shape index (κ2) is 4.72. The molecule has 0 radical (unpaired) electrons. The van der Waals surface area contributed by atoms with Crippen molar-refractivity contribution >= 4 is 10.2 Å². The minimum absolute atomic E-state index is 0.380. The zero-order chi connectivity index (χ0) is 11.4. The predicted molar refractivity (Wildman–Crippen MR) is 40.9 cm³/mol. The van der Waals surface area contributed by atoms with Gasteiger partial charge in [-0.15, -0.1) is 0 Å². The van der Waals surface area contributed by atoms with Crippen LogP contribution in [0, 0.1) is 0 Å². The minimum atomic E-state index is -5.63. The Morgan fingerprint density at radius 3 is 2.07 bits per heavy atom. The van der Waals surface area contributed by atoms with Gasteiger partial charge in [0.25, 0.3) is 6.17 Å². The topological polar surface area (TPSA) is 9.23 Å². The fraction of sp³-hybridized carbons (Fsp3) is 0.667. The Morgan fingerprint density at radius 1 is 1.21 bits per heavy atom. The van der Waals surface area contributed by atoms with Crippen LogP contribution in [0.2, 0.25) is 6.04 Å². The lowest BCUT2D eigenvalue weighted by Crippen LogP contribution is -2.42. The molecule has 1 unspecified atom stereocenters. The summed E-state index contributed by atoms with van der Waals surface area (Å²) in [6, 6.07) is 0.430. The molecule has 0 spiro atoms. The first kappa shape index (κ1) is 13.3. The summed E-state index contributed by atoms with van der Waals surface area (Å²) in [4.78, 5) is 0. The molecule has 0 aliphatic carbocycles. The summed E-state index contributed by atoms with van der Waals surface area (Å²) in [7, 11) is 0.650. The molecule has 0 rings (SSSR count). The predicted octanol–water partition coefficient (Wildman–Crippen LogP) is 1.79. The first-order valence-corrected chi connectivity index (χ1v) is 5.04. The summed E-state index contributed by atoms with van der Waals surface area (Å²) in [5.74, 6) is 0. The molecule has 0 aromatic carbocycles. The Kier molecular flexibility index (Phi) is 4.49. The number of rotatable bonds is 4. The number of allylic oxidation sites excluding steroid dienone is 1. The molecule has 0 saturated carbocycles. The summed E-state index contributed by atoms with van der Waals surface area (Å²) in [5, 5.41) is 0. The Hall–Kier alpha value is -0.663. The molecular weight excluding hydrogens is 230 g/mol. The zero-order valence-electron chi connectivity index (χ0n) is 7.12. The van der Waals surface area contributed by atoms with Gasteiger partial charge in [0.1, 0.15) is 0 Å². The van der Waals surface area contributed by atoms with Crippen LogP contribution in [0.25, 0.3) is 0 Å². The van der Waals surface area contributed by atoms with E-state index < -0.39 is 18.5 Å². The second-order valence-electron chi connectivity index (χ2n) is 2.36. The highest BCUT2D eigenvalue weighted by Gasteiger charge is 2.58. The first-order valence-electron chi connectivity index (χ1n) is 3.63. The second-order valence-corrected chi connectivity index (χ2v) is 3.18. The van der Waals surface area contributed by atoms with Gasteiger partial charge in [0.05, 0.1) is 6.26 Å². The van der Waals surface area contributed by atoms with E-state index in [0.717, 1.165) is 6.08 Å². The molecule has 0 aliphatic heterocycles. The van der Waals surface area contributed by atoms with Crippen molar-refractivity contribution in [1.29, 1.82) is 0 Å². The fourth-order valence-electron chi connectivity index (χ4n) is 0.485. The first-order chi connectivity index (χ1) is 6.22. The van der Waals surface area contributed by atoms with Gasteiger partial charge in [-0.05, 0) is 6.04 Å². The highest BCUT2D eigenvalue weighted by Crippen LogP contribution is 2.35. The standard InChI is InChI=1S/C6H8F6OSi/c7-4(5(8,9)10)6(11,12)13-2-1-3-14/h1-2,4H,3H2,14H3. The Balaban J connectivity index is 4.38. The van der Waals surface area contributed by atoms with Crippen molar-refractivity contribution < 1.29 is 31.1 Å². The number of ether oxygens (including phenoxy) is 1. The van der Waals surface area contributed by atoms with Crippen molar-refractivity contribution in [2.45, 2.75) is 24.5 Å². The van der Waals surface area contributed by atoms with Crippen LogP contribution >= 0.6 is 0 Å². The van der Waals surface area contributed by atoms with E-state index in [4.69, 9.17) is 0 Å². The highest BCUT2D eigenvalue weighted by molar-refractivity contribution is 6.09. The number of halogens is 6. The van der Waals surface area contributed by atoms with Crippen molar-refractivity contribution in [3.63, 3.8) is 0 Å². The molecule has 0 saturated heterocycles. The smallest absolute Gasteiger partial charge is 0.438 e. The van der Waals surface area contributed by atoms with Gasteiger partial charge >= 0.3 is 12.3 Å². The van der Waals surface area contributed by atoms with Crippen molar-refractivity contribution in [3.05, 3.63) is 12.3 Å². The largest absolute Gasteiger partial charge is 0.438 e. The maximum atomic E-state index is 12.3. The maximum Gasteiger partial charge on any atom is 0.438 e. The fourth-order valence-corrected chi connectivity index (χ4v) is 0.678. The molecule has 84 valence electrons. The van der Waals surface area contributed by atoms with Crippen molar-refractivity contribution in [3.8, 4) is 0 Å². The van der Waals surface area contributed by atoms with Crippen molar-refractivity contribution in [1.82, 2.24) is 0 Å². The van der Waals surface area contributed by atoms with E-state index in [1.165, 1.54) is 0 Å². The molecule has 0 bridgehead atoms. The molecule has 0 heterocycles. The van der Waals surface area contributed by atoms with Gasteiger partial charge in [0.2, 0.25) is 0 Å². The SMILES string of the molecule is FC(C(F)(F)F)C(F)(F)OC=CC[SiH3]. The quantitative estimate of drug-likeness (QED) is 0.412. The normalized spacial score (nSPS) is 16.1. The highest BCUT2D eigenvalue weighted by atomic mass is 28.1. The Morgan fingerprint density at radius 2 is 1.71 bits per heavy atom. The number of alkyl halides is 6. The molecule has 1 nitrogen and oxygen atoms in total. The van der Waals surface area contributed by atoms with Crippen LogP contribution in [0.1, 0.15) is 0 Å². The van der Waals surface area contributed by atoms with E-state index in [2.05, 4.69) is 4.74 Å². The van der Waals surface area contributed by atoms with Crippen LogP contribution in [-0.2, 0) is 4.74 Å². The van der Waals surface area contributed by atoms with Crippen LogP contribution in [0.4, 0.5) is 26.3 Å². The molecule has 0 fully saturated rings. The molecule has 0 aliphatic rings. The summed E-state index contributed by atoms with van der Waals surface area (Å²) in [5.41, 5.74) is 0. The number of hydrogen-bond acceptors (Lipinski definition) is 1. The average Bonchev–Trinajstić information content (AvgIpc) is 2.01. The summed E-state index contributed by atoms with van der Waals surface area (Å²) in [6.45, 7) is 0. The molecule has 0 amide bonds. The third-order valence-electron chi connectivity index (χ3n) is 1.14. The van der Waals surface area contributed by atoms with Gasteiger partial charge in [-0.25, -0.2) is 4.39 Å². The van der Waals surface area contributed by atoms with Gasteiger partial charge in [0.15, 0.2) is 0 Å². The Bertz CT molecular complexity index is 201. The van der Waals surface area contributed by atoms with E-state index in [0.29, 0.717) is 22.5 Å². The molecule has 8 heteroatoms. The van der Waals surface area contributed by atoms with Crippen molar-refractivity contribution in [2.75, 3.05) is 0 Å². The molecule has 1 atom stereocenters. The van der Waals surface area contributed by atoms with E-state index >= 15 is 0 Å². The Labute approximate surface area is 79.2 Å². The molecular formula is C6H8F6OSi. The zero-order valence-corrected chi connectivity index (χ0v) is 9.12. The average molecular weight is 238 g/mol. The van der Waals surface area contributed by atoms with Crippen molar-refractivity contribution in [2.24, 2.45) is 0 Å². The number of hydrogen-bond donors (Lipinski definition) is 0. The lowest BCUT2D eigenvalue weighted by molar-refractivity contribution is -0.318. The summed E-state index contributed by atoms with van der Waals surface area (Å²) in [6.07, 6.45) is -13.3. The van der Waals surface area contributed by atoms with E-state index in [-0.39, 0.29) is 0 Å². The molecule has 0 N–H and O–H groups in total. The molecule has 0 aromatic rings. The van der Waals surface area contributed by atoms with E-state index in [9.17, 15) is 26.3 Å². The minimum Gasteiger partial charge on any atom is -0.438 e. The van der Waals surface area contributed by atoms with Gasteiger partial charge in [-0.3, -0.25) is 0 Å². The summed E-state index contributed by atoms with van der Waals surface area (Å²) < 4.78 is 74.5. The molecule has 14 heavy (non-hydrogen) atoms. The van der Waals surface area contributed by atoms with Crippen LogP contribution < -0.4 is 0 Å². The molecule has 0 aromatic heterocycles. The maximum absolute atomic E-state index is 12.3. The monoisotopic (exact) mass is 238 g/mol. The van der Waals surface area contributed by atoms with Crippen LogP contribution in [0.5, 0.6) is 0 Å². The van der Waals surface area contributed by atoms with Gasteiger partial charge < -0.3 is 4.74 Å². The third-order valence-corrected chi connectivity index (χ3v) is 1.61. The third kappa shape index (κ3) is 4.03.